The zero-order chi connectivity index (χ0) is 25.2. The monoisotopic (exact) mass is 492 g/mol. The van der Waals surface area contributed by atoms with Gasteiger partial charge in [0.05, 0.1) is 0 Å². The van der Waals surface area contributed by atoms with Crippen molar-refractivity contribution in [1.82, 2.24) is 10.2 Å². The number of carbonyl (C=O) groups is 2. The van der Waals surface area contributed by atoms with E-state index in [1.54, 1.807) is 11.0 Å². The third-order valence-corrected chi connectivity index (χ3v) is 6.18. The minimum absolute atomic E-state index is 0.179. The molecule has 6 heteroatoms. The molecule has 1 N–H and O–H groups in total. The van der Waals surface area contributed by atoms with Crippen LogP contribution in [0.25, 0.3) is 0 Å². The lowest BCUT2D eigenvalue weighted by Crippen LogP contribution is -2.51. The number of amides is 2. The lowest BCUT2D eigenvalue weighted by Gasteiger charge is -2.31. The number of ether oxygens (including phenoxy) is 1. The molecular formula is C29H33ClN2O3. The highest BCUT2D eigenvalue weighted by Crippen LogP contribution is 2.22. The molecule has 1 atom stereocenters. The maximum Gasteiger partial charge on any atom is 0.261 e. The van der Waals surface area contributed by atoms with Crippen molar-refractivity contribution in [1.29, 1.82) is 0 Å². The highest BCUT2D eigenvalue weighted by atomic mass is 35.5. The Labute approximate surface area is 213 Å². The average Bonchev–Trinajstić information content (AvgIpc) is 2.86. The second-order valence-electron chi connectivity index (χ2n) is 8.67. The minimum atomic E-state index is -0.713. The van der Waals surface area contributed by atoms with Crippen molar-refractivity contribution in [2.24, 2.45) is 0 Å². The molecule has 0 radical (unpaired) electrons. The number of halogens is 1. The lowest BCUT2D eigenvalue weighted by molar-refractivity contribution is -0.142. The zero-order valence-corrected chi connectivity index (χ0v) is 21.3. The van der Waals surface area contributed by atoms with Gasteiger partial charge in [-0.25, -0.2) is 0 Å². The van der Waals surface area contributed by atoms with Crippen molar-refractivity contribution in [2.75, 3.05) is 13.2 Å². The van der Waals surface area contributed by atoms with Crippen LogP contribution in [0.3, 0.4) is 0 Å². The summed E-state index contributed by atoms with van der Waals surface area (Å²) in [6, 6.07) is 22.3. The molecule has 0 heterocycles. The second-order valence-corrected chi connectivity index (χ2v) is 9.07. The fraction of sp³-hybridized carbons (Fsp3) is 0.310. The smallest absolute Gasteiger partial charge is 0.261 e. The predicted molar refractivity (Wildman–Crippen MR) is 141 cm³/mol. The topological polar surface area (TPSA) is 58.6 Å². The maximum absolute atomic E-state index is 13.6. The standard InChI is InChI=1S/C29H33ClN2O3/c1-4-16-31-29(34)26(18-23-10-6-5-7-11-23)32(19-24-12-8-9-13-25(24)30)28(33)20-35-27-17-21(2)14-15-22(27)3/h5-15,17,26H,4,16,18-20H2,1-3H3,(H,31,34). The third kappa shape index (κ3) is 7.59. The Morgan fingerprint density at radius 2 is 1.71 bits per heavy atom. The molecule has 0 saturated carbocycles. The predicted octanol–water partition coefficient (Wildman–Crippen LogP) is 5.50. The average molecular weight is 493 g/mol. The quantitative estimate of drug-likeness (QED) is 0.384. The molecule has 2 amide bonds. The second kappa shape index (κ2) is 13.0. The number of nitrogens with zero attached hydrogens (tertiary/aromatic N) is 1. The van der Waals surface area contributed by atoms with Crippen LogP contribution in [0.4, 0.5) is 0 Å². The van der Waals surface area contributed by atoms with Crippen LogP contribution in [0.15, 0.2) is 72.8 Å². The molecule has 3 rings (SSSR count). The summed E-state index contributed by atoms with van der Waals surface area (Å²) in [5, 5.41) is 3.52. The van der Waals surface area contributed by atoms with Gasteiger partial charge < -0.3 is 15.0 Å². The van der Waals surface area contributed by atoms with Gasteiger partial charge in [0.25, 0.3) is 5.91 Å². The van der Waals surface area contributed by atoms with Crippen molar-refractivity contribution >= 4 is 23.4 Å². The van der Waals surface area contributed by atoms with Gasteiger partial charge in [0.2, 0.25) is 5.91 Å². The summed E-state index contributed by atoms with van der Waals surface area (Å²) in [6.07, 6.45) is 1.19. The molecule has 0 spiro atoms. The molecule has 0 saturated heterocycles. The summed E-state index contributed by atoms with van der Waals surface area (Å²) in [5.74, 6) is 0.187. The molecule has 35 heavy (non-hydrogen) atoms. The van der Waals surface area contributed by atoms with E-state index in [9.17, 15) is 9.59 Å². The summed E-state index contributed by atoms with van der Waals surface area (Å²) in [5.41, 5.74) is 3.74. The highest BCUT2D eigenvalue weighted by Gasteiger charge is 2.31. The lowest BCUT2D eigenvalue weighted by atomic mass is 10.0. The van der Waals surface area contributed by atoms with Gasteiger partial charge in [0.1, 0.15) is 11.8 Å². The van der Waals surface area contributed by atoms with E-state index < -0.39 is 6.04 Å². The van der Waals surface area contributed by atoms with E-state index in [0.717, 1.165) is 28.7 Å². The Morgan fingerprint density at radius 1 is 1.00 bits per heavy atom. The van der Waals surface area contributed by atoms with Crippen LogP contribution in [0.2, 0.25) is 5.02 Å². The molecule has 184 valence electrons. The van der Waals surface area contributed by atoms with E-state index in [1.165, 1.54) is 0 Å². The van der Waals surface area contributed by atoms with Gasteiger partial charge in [-0.2, -0.15) is 0 Å². The highest BCUT2D eigenvalue weighted by molar-refractivity contribution is 6.31. The van der Waals surface area contributed by atoms with E-state index in [0.29, 0.717) is 23.7 Å². The Kier molecular flexibility index (Phi) is 9.74. The van der Waals surface area contributed by atoms with Crippen LogP contribution in [-0.4, -0.2) is 35.9 Å². The Morgan fingerprint density at radius 3 is 2.43 bits per heavy atom. The number of hydrogen-bond acceptors (Lipinski definition) is 3. The number of benzene rings is 3. The molecule has 0 fully saturated rings. The van der Waals surface area contributed by atoms with E-state index >= 15 is 0 Å². The van der Waals surface area contributed by atoms with Crippen molar-refractivity contribution < 1.29 is 14.3 Å². The first kappa shape index (κ1) is 26.3. The number of hydrogen-bond donors (Lipinski definition) is 1. The normalized spacial score (nSPS) is 11.5. The molecule has 3 aromatic carbocycles. The summed E-state index contributed by atoms with van der Waals surface area (Å²) in [6.45, 7) is 6.48. The summed E-state index contributed by atoms with van der Waals surface area (Å²) in [4.78, 5) is 28.5. The van der Waals surface area contributed by atoms with Crippen LogP contribution < -0.4 is 10.1 Å². The number of nitrogens with one attached hydrogen (secondary N) is 1. The van der Waals surface area contributed by atoms with Gasteiger partial charge in [0, 0.05) is 24.5 Å². The molecular weight excluding hydrogens is 460 g/mol. The molecule has 0 aliphatic heterocycles. The SMILES string of the molecule is CCCNC(=O)C(Cc1ccccc1)N(Cc1ccccc1Cl)C(=O)COc1cc(C)ccc1C. The van der Waals surface area contributed by atoms with Crippen LogP contribution >= 0.6 is 11.6 Å². The van der Waals surface area contributed by atoms with Crippen LogP contribution in [0, 0.1) is 13.8 Å². The van der Waals surface area contributed by atoms with Crippen molar-refractivity contribution in [3.05, 3.63) is 100 Å². The zero-order valence-electron chi connectivity index (χ0n) is 20.6. The van der Waals surface area contributed by atoms with Crippen molar-refractivity contribution in [2.45, 2.75) is 46.2 Å². The summed E-state index contributed by atoms with van der Waals surface area (Å²) < 4.78 is 5.93. The molecule has 0 aliphatic rings. The number of aryl methyl sites for hydroxylation is 2. The Balaban J connectivity index is 1.92. The van der Waals surface area contributed by atoms with Gasteiger partial charge >= 0.3 is 0 Å². The first-order chi connectivity index (χ1) is 16.9. The molecule has 1 unspecified atom stereocenters. The van der Waals surface area contributed by atoms with Crippen molar-refractivity contribution in [3.63, 3.8) is 0 Å². The molecule has 0 bridgehead atoms. The van der Waals surface area contributed by atoms with E-state index in [1.807, 2.05) is 87.5 Å². The first-order valence-corrected chi connectivity index (χ1v) is 12.3. The van der Waals surface area contributed by atoms with Gasteiger partial charge in [-0.1, -0.05) is 79.2 Å². The fourth-order valence-corrected chi connectivity index (χ4v) is 4.01. The van der Waals surface area contributed by atoms with Gasteiger partial charge in [-0.3, -0.25) is 9.59 Å². The molecule has 0 aliphatic carbocycles. The third-order valence-electron chi connectivity index (χ3n) is 5.81. The molecule has 0 aromatic heterocycles. The Bertz CT molecular complexity index is 1130. The van der Waals surface area contributed by atoms with E-state index in [-0.39, 0.29) is 25.0 Å². The Hall–Kier alpha value is -3.31. The van der Waals surface area contributed by atoms with Gasteiger partial charge in [0.15, 0.2) is 6.61 Å². The van der Waals surface area contributed by atoms with Crippen LogP contribution in [0.1, 0.15) is 35.6 Å². The first-order valence-electron chi connectivity index (χ1n) is 11.9. The number of rotatable bonds is 11. The number of carbonyl (C=O) groups excluding carboxylic acids is 2. The van der Waals surface area contributed by atoms with E-state index in [4.69, 9.17) is 16.3 Å². The largest absolute Gasteiger partial charge is 0.483 e. The summed E-state index contributed by atoms with van der Waals surface area (Å²) >= 11 is 6.44. The van der Waals surface area contributed by atoms with Crippen molar-refractivity contribution in [3.8, 4) is 5.75 Å². The van der Waals surface area contributed by atoms with Crippen LogP contribution in [0.5, 0.6) is 5.75 Å². The maximum atomic E-state index is 13.6. The molecule has 3 aromatic rings. The summed E-state index contributed by atoms with van der Waals surface area (Å²) in [7, 11) is 0. The minimum Gasteiger partial charge on any atom is -0.483 e. The molecule has 5 nitrogen and oxygen atoms in total. The van der Waals surface area contributed by atoms with Gasteiger partial charge in [-0.05, 0) is 54.7 Å². The van der Waals surface area contributed by atoms with E-state index in [2.05, 4.69) is 5.32 Å². The van der Waals surface area contributed by atoms with Crippen LogP contribution in [-0.2, 0) is 22.6 Å². The van der Waals surface area contributed by atoms with Gasteiger partial charge in [-0.15, -0.1) is 0 Å². The fourth-order valence-electron chi connectivity index (χ4n) is 3.82.